The number of carbonyl (C=O) groups is 1. The zero-order valence-electron chi connectivity index (χ0n) is 8.25. The molecule has 3 fully saturated rings. The van der Waals surface area contributed by atoms with E-state index in [0.717, 1.165) is 25.3 Å². The molecule has 2 saturated heterocycles. The smallest absolute Gasteiger partial charge is 0.153 e. The van der Waals surface area contributed by atoms with Crippen molar-refractivity contribution in [2.24, 2.45) is 5.92 Å². The summed E-state index contributed by atoms with van der Waals surface area (Å²) in [4.78, 5) is 14.4. The van der Waals surface area contributed by atoms with Crippen molar-refractivity contribution in [3.8, 4) is 0 Å². The molecule has 3 rings (SSSR count). The van der Waals surface area contributed by atoms with Crippen LogP contribution >= 0.6 is 0 Å². The Kier molecular flexibility index (Phi) is 1.44. The second kappa shape index (κ2) is 2.35. The summed E-state index contributed by atoms with van der Waals surface area (Å²) >= 11 is 0. The minimum absolute atomic E-state index is 0.0168. The number of hydrogen-bond donors (Lipinski definition) is 0. The molecule has 1 saturated carbocycles. The van der Waals surface area contributed by atoms with Gasteiger partial charge < -0.3 is 0 Å². The van der Waals surface area contributed by atoms with Crippen LogP contribution in [0.4, 0.5) is 0 Å². The first-order valence-electron chi connectivity index (χ1n) is 5.51. The zero-order valence-corrected chi connectivity index (χ0v) is 8.25. The lowest BCUT2D eigenvalue weighted by molar-refractivity contribution is -0.134. The molecular weight excluding hydrogens is 162 g/mol. The maximum Gasteiger partial charge on any atom is 0.153 e. The van der Waals surface area contributed by atoms with Gasteiger partial charge >= 0.3 is 0 Å². The monoisotopic (exact) mass is 179 g/mol. The molecule has 0 N–H and O–H groups in total. The van der Waals surface area contributed by atoms with Crippen molar-refractivity contribution < 1.29 is 4.79 Å². The highest BCUT2D eigenvalue weighted by Gasteiger charge is 2.59. The lowest BCUT2D eigenvalue weighted by atomic mass is 9.82. The Labute approximate surface area is 79.3 Å². The number of likely N-dealkylation sites (N-methyl/N-ethyl adjacent to an activating group) is 1. The lowest BCUT2D eigenvalue weighted by Crippen LogP contribution is -2.55. The average molecular weight is 179 g/mol. The Morgan fingerprint density at radius 3 is 3.15 bits per heavy atom. The third kappa shape index (κ3) is 0.762. The Hall–Kier alpha value is -0.370. The van der Waals surface area contributed by atoms with Crippen LogP contribution < -0.4 is 0 Å². The third-order valence-electron chi connectivity index (χ3n) is 4.71. The highest BCUT2D eigenvalue weighted by Crippen LogP contribution is 2.53. The number of rotatable bonds is 0. The fraction of sp³-hybridized carbons (Fsp3) is 0.909. The molecule has 2 heteroatoms. The summed E-state index contributed by atoms with van der Waals surface area (Å²) < 4.78 is 0. The number of ketones is 1. The van der Waals surface area contributed by atoms with Crippen LogP contribution in [0, 0.1) is 5.92 Å². The number of Topliss-reactive ketones (excluding diaryl/α,β-unsaturated/α-hetero) is 1. The highest BCUT2D eigenvalue weighted by molar-refractivity contribution is 5.90. The number of nitrogens with zero attached hydrogens (tertiary/aromatic N) is 1. The van der Waals surface area contributed by atoms with Crippen molar-refractivity contribution in [2.75, 3.05) is 7.05 Å². The minimum atomic E-state index is 0.0168. The molecule has 1 aliphatic carbocycles. The van der Waals surface area contributed by atoms with Gasteiger partial charge in [-0.05, 0) is 38.6 Å². The fourth-order valence-corrected chi connectivity index (χ4v) is 4.04. The summed E-state index contributed by atoms with van der Waals surface area (Å²) in [6.07, 6.45) is 6.98. The molecule has 2 bridgehead atoms. The van der Waals surface area contributed by atoms with Crippen LogP contribution in [0.2, 0.25) is 0 Å². The molecule has 1 spiro atoms. The number of piperidine rings is 1. The van der Waals surface area contributed by atoms with E-state index in [1.54, 1.807) is 0 Å². The van der Waals surface area contributed by atoms with E-state index >= 15 is 0 Å². The Balaban J connectivity index is 2.07. The molecule has 2 aliphatic heterocycles. The van der Waals surface area contributed by atoms with Gasteiger partial charge in [-0.15, -0.1) is 0 Å². The molecule has 0 amide bonds. The molecule has 0 aromatic carbocycles. The van der Waals surface area contributed by atoms with Gasteiger partial charge in [-0.2, -0.15) is 0 Å². The minimum Gasteiger partial charge on any atom is -0.298 e. The molecule has 3 aliphatic rings. The molecule has 3 atom stereocenters. The summed E-state index contributed by atoms with van der Waals surface area (Å²) in [5.74, 6) is 1.25. The third-order valence-corrected chi connectivity index (χ3v) is 4.71. The highest BCUT2D eigenvalue weighted by atomic mass is 16.1. The first kappa shape index (κ1) is 7.98. The van der Waals surface area contributed by atoms with E-state index in [1.807, 2.05) is 0 Å². The van der Waals surface area contributed by atoms with E-state index in [4.69, 9.17) is 0 Å². The Bertz CT molecular complexity index is 259. The van der Waals surface area contributed by atoms with Gasteiger partial charge in [-0.3, -0.25) is 9.69 Å². The van der Waals surface area contributed by atoms with Gasteiger partial charge in [0.05, 0.1) is 5.54 Å². The van der Waals surface area contributed by atoms with Crippen molar-refractivity contribution in [2.45, 2.75) is 50.1 Å². The first-order chi connectivity index (χ1) is 6.25. The van der Waals surface area contributed by atoms with Gasteiger partial charge in [0.25, 0.3) is 0 Å². The quantitative estimate of drug-likeness (QED) is 0.563. The predicted octanol–water partition coefficient (Wildman–Crippen LogP) is 1.59. The van der Waals surface area contributed by atoms with Crippen LogP contribution in [0.1, 0.15) is 38.5 Å². The van der Waals surface area contributed by atoms with Crippen molar-refractivity contribution in [3.05, 3.63) is 0 Å². The van der Waals surface area contributed by atoms with Gasteiger partial charge in [0.1, 0.15) is 0 Å². The summed E-state index contributed by atoms with van der Waals surface area (Å²) in [5, 5.41) is 0. The maximum atomic E-state index is 12.0. The SMILES string of the molecule is CN1C2CCC(=O)C13CCCC3C2. The largest absolute Gasteiger partial charge is 0.298 e. The van der Waals surface area contributed by atoms with Crippen LogP contribution in [0.15, 0.2) is 0 Å². The average Bonchev–Trinajstić information content (AvgIpc) is 2.58. The maximum absolute atomic E-state index is 12.0. The second-order valence-electron chi connectivity index (χ2n) is 4.98. The van der Waals surface area contributed by atoms with Crippen LogP contribution in [0.5, 0.6) is 0 Å². The number of carbonyl (C=O) groups excluding carboxylic acids is 1. The van der Waals surface area contributed by atoms with E-state index in [9.17, 15) is 4.79 Å². The molecule has 0 radical (unpaired) electrons. The van der Waals surface area contributed by atoms with Gasteiger partial charge in [0.2, 0.25) is 0 Å². The second-order valence-corrected chi connectivity index (χ2v) is 4.98. The summed E-state index contributed by atoms with van der Waals surface area (Å²) in [6, 6.07) is 0.725. The lowest BCUT2D eigenvalue weighted by Gasteiger charge is -2.40. The molecule has 2 heterocycles. The summed E-state index contributed by atoms with van der Waals surface area (Å²) in [5.41, 5.74) is 0.0168. The molecule has 3 unspecified atom stereocenters. The first-order valence-corrected chi connectivity index (χ1v) is 5.51. The van der Waals surface area contributed by atoms with Crippen molar-refractivity contribution in [3.63, 3.8) is 0 Å². The van der Waals surface area contributed by atoms with Crippen molar-refractivity contribution >= 4 is 5.78 Å². The van der Waals surface area contributed by atoms with Crippen LogP contribution in [0.3, 0.4) is 0 Å². The molecular formula is C11H17NO. The van der Waals surface area contributed by atoms with Crippen molar-refractivity contribution in [1.82, 2.24) is 4.90 Å². The van der Waals surface area contributed by atoms with Gasteiger partial charge in [0.15, 0.2) is 5.78 Å². The summed E-state index contributed by atoms with van der Waals surface area (Å²) in [7, 11) is 2.17. The van der Waals surface area contributed by atoms with E-state index in [2.05, 4.69) is 11.9 Å². The van der Waals surface area contributed by atoms with E-state index < -0.39 is 0 Å². The zero-order chi connectivity index (χ0) is 9.05. The van der Waals surface area contributed by atoms with E-state index in [0.29, 0.717) is 11.7 Å². The Morgan fingerprint density at radius 2 is 2.31 bits per heavy atom. The molecule has 2 nitrogen and oxygen atoms in total. The molecule has 0 aromatic rings. The number of hydrogen-bond acceptors (Lipinski definition) is 2. The topological polar surface area (TPSA) is 20.3 Å². The Morgan fingerprint density at radius 1 is 1.46 bits per heavy atom. The fourth-order valence-electron chi connectivity index (χ4n) is 4.04. The molecule has 0 aromatic heterocycles. The standard InChI is InChI=1S/C11H17NO/c1-12-9-4-5-10(13)11(12)6-2-3-8(11)7-9/h8-9H,2-7H2,1H3. The number of fused-ring (bicyclic) bond motifs is 1. The van der Waals surface area contributed by atoms with Gasteiger partial charge in [-0.25, -0.2) is 0 Å². The van der Waals surface area contributed by atoms with Gasteiger partial charge in [0, 0.05) is 12.5 Å². The predicted molar refractivity (Wildman–Crippen MR) is 50.5 cm³/mol. The van der Waals surface area contributed by atoms with Crippen LogP contribution in [-0.2, 0) is 4.79 Å². The normalized spacial score (nSPS) is 49.8. The van der Waals surface area contributed by atoms with Gasteiger partial charge in [-0.1, -0.05) is 6.42 Å². The van der Waals surface area contributed by atoms with Crippen LogP contribution in [0.25, 0.3) is 0 Å². The van der Waals surface area contributed by atoms with E-state index in [-0.39, 0.29) is 5.54 Å². The summed E-state index contributed by atoms with van der Waals surface area (Å²) in [6.45, 7) is 0. The van der Waals surface area contributed by atoms with Crippen molar-refractivity contribution in [1.29, 1.82) is 0 Å². The van der Waals surface area contributed by atoms with E-state index in [1.165, 1.54) is 19.3 Å². The molecule has 72 valence electrons. The van der Waals surface area contributed by atoms with Crippen LogP contribution in [-0.4, -0.2) is 29.3 Å². The molecule has 13 heavy (non-hydrogen) atoms.